The van der Waals surface area contributed by atoms with Gasteiger partial charge in [0.2, 0.25) is 0 Å². The third-order valence-electron chi connectivity index (χ3n) is 2.03. The molecule has 0 aliphatic carbocycles. The molecular formula is C9H6N2O. The maximum atomic E-state index is 5.17. The van der Waals surface area contributed by atoms with Crippen molar-refractivity contribution in [2.24, 2.45) is 0 Å². The first kappa shape index (κ1) is 5.83. The van der Waals surface area contributed by atoms with Crippen LogP contribution in [0.15, 0.2) is 35.2 Å². The molecule has 3 rings (SSSR count). The molecule has 2 heterocycles. The third-order valence-corrected chi connectivity index (χ3v) is 2.03. The van der Waals surface area contributed by atoms with Crippen molar-refractivity contribution in [2.75, 3.05) is 0 Å². The molecule has 12 heavy (non-hydrogen) atoms. The summed E-state index contributed by atoms with van der Waals surface area (Å²) in [5.74, 6) is 0. The predicted molar refractivity (Wildman–Crippen MR) is 45.9 cm³/mol. The Balaban J connectivity index is 2.71. The second-order valence-electron chi connectivity index (χ2n) is 2.70. The molecule has 0 aliphatic heterocycles. The molecule has 3 aromatic rings. The average Bonchev–Trinajstić information content (AvgIpc) is 2.71. The summed E-state index contributed by atoms with van der Waals surface area (Å²) in [6.07, 6.45) is 3.37. The quantitative estimate of drug-likeness (QED) is 0.545. The van der Waals surface area contributed by atoms with Crippen LogP contribution in [-0.4, -0.2) is 9.97 Å². The number of oxazole rings is 1. The maximum Gasteiger partial charge on any atom is 0.182 e. The Morgan fingerprint density at radius 1 is 1.25 bits per heavy atom. The molecule has 0 bridgehead atoms. The normalized spacial score (nSPS) is 11.3. The monoisotopic (exact) mass is 158 g/mol. The fourth-order valence-electron chi connectivity index (χ4n) is 1.46. The van der Waals surface area contributed by atoms with Gasteiger partial charge in [0.1, 0.15) is 5.52 Å². The molecule has 0 saturated carbocycles. The summed E-state index contributed by atoms with van der Waals surface area (Å²) in [6, 6.07) is 5.91. The molecule has 0 saturated heterocycles. The topological polar surface area (TPSA) is 41.8 Å². The highest BCUT2D eigenvalue weighted by Gasteiger charge is 2.03. The minimum absolute atomic E-state index is 0.835. The van der Waals surface area contributed by atoms with Crippen molar-refractivity contribution in [3.8, 4) is 0 Å². The van der Waals surface area contributed by atoms with Crippen molar-refractivity contribution in [1.82, 2.24) is 9.97 Å². The molecular weight excluding hydrogens is 152 g/mol. The van der Waals surface area contributed by atoms with Crippen LogP contribution in [0.4, 0.5) is 0 Å². The minimum atomic E-state index is 0.835. The van der Waals surface area contributed by atoms with E-state index in [1.807, 2.05) is 24.4 Å². The molecule has 3 heteroatoms. The zero-order chi connectivity index (χ0) is 7.97. The largest absolute Gasteiger partial charge is 0.443 e. The first-order valence-corrected chi connectivity index (χ1v) is 3.74. The Bertz CT molecular complexity index is 486. The van der Waals surface area contributed by atoms with E-state index in [0.717, 1.165) is 22.0 Å². The van der Waals surface area contributed by atoms with Crippen molar-refractivity contribution in [3.05, 3.63) is 30.8 Å². The molecule has 0 fully saturated rings. The lowest BCUT2D eigenvalue weighted by atomic mass is 10.2. The van der Waals surface area contributed by atoms with Crippen LogP contribution in [-0.2, 0) is 0 Å². The SMILES string of the molecule is c1cc2c(ccc3ocnc32)[nH]1. The fourth-order valence-corrected chi connectivity index (χ4v) is 1.46. The van der Waals surface area contributed by atoms with Crippen molar-refractivity contribution in [3.63, 3.8) is 0 Å². The zero-order valence-corrected chi connectivity index (χ0v) is 6.24. The Morgan fingerprint density at radius 3 is 3.25 bits per heavy atom. The van der Waals surface area contributed by atoms with Crippen LogP contribution in [0.5, 0.6) is 0 Å². The van der Waals surface area contributed by atoms with Gasteiger partial charge in [-0.05, 0) is 18.2 Å². The number of H-pyrrole nitrogens is 1. The number of aromatic amines is 1. The lowest BCUT2D eigenvalue weighted by Crippen LogP contribution is -1.69. The van der Waals surface area contributed by atoms with E-state index >= 15 is 0 Å². The van der Waals surface area contributed by atoms with Crippen LogP contribution < -0.4 is 0 Å². The van der Waals surface area contributed by atoms with E-state index in [-0.39, 0.29) is 0 Å². The maximum absolute atomic E-state index is 5.17. The van der Waals surface area contributed by atoms with Gasteiger partial charge in [-0.1, -0.05) is 0 Å². The molecule has 0 radical (unpaired) electrons. The molecule has 0 unspecified atom stereocenters. The summed E-state index contributed by atoms with van der Waals surface area (Å²) in [7, 11) is 0. The van der Waals surface area contributed by atoms with Crippen LogP contribution in [0.25, 0.3) is 22.0 Å². The van der Waals surface area contributed by atoms with Crippen molar-refractivity contribution in [1.29, 1.82) is 0 Å². The number of aromatic nitrogens is 2. The lowest BCUT2D eigenvalue weighted by molar-refractivity contribution is 0.602. The van der Waals surface area contributed by atoms with E-state index in [0.29, 0.717) is 0 Å². The van der Waals surface area contributed by atoms with E-state index in [4.69, 9.17) is 4.42 Å². The minimum Gasteiger partial charge on any atom is -0.443 e. The van der Waals surface area contributed by atoms with Gasteiger partial charge < -0.3 is 9.40 Å². The zero-order valence-electron chi connectivity index (χ0n) is 6.24. The molecule has 2 aromatic heterocycles. The summed E-state index contributed by atoms with van der Waals surface area (Å²) < 4.78 is 5.17. The summed E-state index contributed by atoms with van der Waals surface area (Å²) >= 11 is 0. The molecule has 1 aromatic carbocycles. The second-order valence-corrected chi connectivity index (χ2v) is 2.70. The van der Waals surface area contributed by atoms with E-state index in [2.05, 4.69) is 9.97 Å². The Labute approximate surface area is 68.0 Å². The van der Waals surface area contributed by atoms with Crippen LogP contribution in [0, 0.1) is 0 Å². The van der Waals surface area contributed by atoms with Crippen molar-refractivity contribution >= 4 is 22.0 Å². The van der Waals surface area contributed by atoms with Gasteiger partial charge in [-0.25, -0.2) is 4.98 Å². The van der Waals surface area contributed by atoms with Gasteiger partial charge in [0.25, 0.3) is 0 Å². The summed E-state index contributed by atoms with van der Waals surface area (Å²) in [4.78, 5) is 7.25. The number of nitrogens with one attached hydrogen (secondary N) is 1. The van der Waals surface area contributed by atoms with Crippen LogP contribution in [0.1, 0.15) is 0 Å². The van der Waals surface area contributed by atoms with E-state index in [9.17, 15) is 0 Å². The van der Waals surface area contributed by atoms with Gasteiger partial charge in [0, 0.05) is 17.1 Å². The summed E-state index contributed by atoms with van der Waals surface area (Å²) in [5.41, 5.74) is 2.85. The molecule has 0 aliphatic rings. The number of nitrogens with zero attached hydrogens (tertiary/aromatic N) is 1. The summed E-state index contributed by atoms with van der Waals surface area (Å²) in [5, 5.41) is 1.11. The molecule has 0 amide bonds. The number of rotatable bonds is 0. The highest BCUT2D eigenvalue weighted by atomic mass is 16.3. The smallest absolute Gasteiger partial charge is 0.182 e. The van der Waals surface area contributed by atoms with Gasteiger partial charge in [-0.15, -0.1) is 0 Å². The third kappa shape index (κ3) is 0.580. The molecule has 0 spiro atoms. The number of hydrogen-bond donors (Lipinski definition) is 1. The van der Waals surface area contributed by atoms with Gasteiger partial charge in [0.15, 0.2) is 12.0 Å². The van der Waals surface area contributed by atoms with Gasteiger partial charge in [0.05, 0.1) is 0 Å². The van der Waals surface area contributed by atoms with E-state index in [1.165, 1.54) is 6.39 Å². The Hall–Kier alpha value is -1.77. The molecule has 0 atom stereocenters. The lowest BCUT2D eigenvalue weighted by Gasteiger charge is -1.88. The van der Waals surface area contributed by atoms with E-state index < -0.39 is 0 Å². The van der Waals surface area contributed by atoms with Gasteiger partial charge in [-0.2, -0.15) is 0 Å². The number of fused-ring (bicyclic) bond motifs is 3. The van der Waals surface area contributed by atoms with E-state index in [1.54, 1.807) is 0 Å². The van der Waals surface area contributed by atoms with Gasteiger partial charge >= 0.3 is 0 Å². The molecule has 58 valence electrons. The fraction of sp³-hybridized carbons (Fsp3) is 0. The Morgan fingerprint density at radius 2 is 2.25 bits per heavy atom. The van der Waals surface area contributed by atoms with Gasteiger partial charge in [-0.3, -0.25) is 0 Å². The highest BCUT2D eigenvalue weighted by Crippen LogP contribution is 2.22. The Kier molecular flexibility index (Phi) is 0.913. The second kappa shape index (κ2) is 1.88. The highest BCUT2D eigenvalue weighted by molar-refractivity contribution is 6.01. The standard InChI is InChI=1S/C9H6N2O/c1-2-8-9(11-5-12-8)6-3-4-10-7(1)6/h1-5,10H. The average molecular weight is 158 g/mol. The van der Waals surface area contributed by atoms with Crippen LogP contribution in [0.2, 0.25) is 0 Å². The van der Waals surface area contributed by atoms with Crippen molar-refractivity contribution < 1.29 is 4.42 Å². The first-order valence-electron chi connectivity index (χ1n) is 3.74. The predicted octanol–water partition coefficient (Wildman–Crippen LogP) is 2.31. The van der Waals surface area contributed by atoms with Crippen LogP contribution >= 0.6 is 0 Å². The molecule has 1 N–H and O–H groups in total. The van der Waals surface area contributed by atoms with Crippen LogP contribution in [0.3, 0.4) is 0 Å². The first-order chi connectivity index (χ1) is 5.95. The number of hydrogen-bond acceptors (Lipinski definition) is 2. The van der Waals surface area contributed by atoms with Crippen molar-refractivity contribution in [2.45, 2.75) is 0 Å². The molecule has 3 nitrogen and oxygen atoms in total. The number of benzene rings is 1. The summed E-state index contributed by atoms with van der Waals surface area (Å²) in [6.45, 7) is 0.